The van der Waals surface area contributed by atoms with Gasteiger partial charge >= 0.3 is 12.4 Å². The monoisotopic (exact) mass is 259 g/mol. The van der Waals surface area contributed by atoms with Gasteiger partial charge in [-0.3, -0.25) is 10.1 Å². The Balaban J connectivity index is 3.46. The molecule has 0 N–H and O–H groups in total. The standard InChI is InChI=1S/C8H3F6NO2/c9-7(10,11)4-1-2-6(15(16)17)5(3-4)8(12,13)14/h1-3H. The molecule has 0 fully saturated rings. The van der Waals surface area contributed by atoms with Crippen LogP contribution < -0.4 is 0 Å². The van der Waals surface area contributed by atoms with Crippen molar-refractivity contribution in [2.75, 3.05) is 0 Å². The zero-order valence-corrected chi connectivity index (χ0v) is 7.76. The first-order chi connectivity index (χ1) is 7.53. The van der Waals surface area contributed by atoms with Crippen molar-refractivity contribution in [2.45, 2.75) is 12.4 Å². The third-order valence-electron chi connectivity index (χ3n) is 1.83. The number of halogens is 6. The number of nitro groups is 1. The van der Waals surface area contributed by atoms with Crippen LogP contribution in [0.3, 0.4) is 0 Å². The smallest absolute Gasteiger partial charge is 0.258 e. The molecule has 0 atom stereocenters. The van der Waals surface area contributed by atoms with E-state index in [1.807, 2.05) is 0 Å². The Bertz CT molecular complexity index is 450. The molecule has 0 bridgehead atoms. The Morgan fingerprint density at radius 1 is 1.00 bits per heavy atom. The van der Waals surface area contributed by atoms with Gasteiger partial charge in [-0.2, -0.15) is 26.3 Å². The van der Waals surface area contributed by atoms with Crippen LogP contribution in [0.15, 0.2) is 18.2 Å². The Morgan fingerprint density at radius 3 is 1.88 bits per heavy atom. The molecule has 1 aromatic rings. The van der Waals surface area contributed by atoms with Crippen LogP contribution in [0.25, 0.3) is 0 Å². The SMILES string of the molecule is O=[N+]([O-])c1ccc(C(F)(F)F)cc1C(F)(F)F. The van der Waals surface area contributed by atoms with Crippen molar-refractivity contribution >= 4 is 5.69 Å². The molecular weight excluding hydrogens is 256 g/mol. The van der Waals surface area contributed by atoms with Crippen molar-refractivity contribution in [3.63, 3.8) is 0 Å². The molecule has 0 aliphatic rings. The van der Waals surface area contributed by atoms with Crippen molar-refractivity contribution in [3.05, 3.63) is 39.4 Å². The highest BCUT2D eigenvalue weighted by Crippen LogP contribution is 2.39. The van der Waals surface area contributed by atoms with Crippen molar-refractivity contribution in [1.29, 1.82) is 0 Å². The van der Waals surface area contributed by atoms with E-state index in [9.17, 15) is 36.5 Å². The molecule has 0 radical (unpaired) electrons. The molecule has 9 heteroatoms. The van der Waals surface area contributed by atoms with E-state index in [-0.39, 0.29) is 18.2 Å². The molecule has 1 rings (SSSR count). The van der Waals surface area contributed by atoms with Crippen LogP contribution in [-0.4, -0.2) is 4.92 Å². The second kappa shape index (κ2) is 3.90. The third-order valence-corrected chi connectivity index (χ3v) is 1.83. The lowest BCUT2D eigenvalue weighted by Gasteiger charge is -2.11. The molecule has 0 amide bonds. The van der Waals surface area contributed by atoms with Crippen molar-refractivity contribution in [3.8, 4) is 0 Å². The fourth-order valence-corrected chi connectivity index (χ4v) is 1.10. The number of nitrogens with zero attached hydrogens (tertiary/aromatic N) is 1. The van der Waals surface area contributed by atoms with E-state index in [1.54, 1.807) is 0 Å². The second-order valence-electron chi connectivity index (χ2n) is 2.98. The minimum absolute atomic E-state index is 0.186. The summed E-state index contributed by atoms with van der Waals surface area (Å²) in [4.78, 5) is 8.87. The average Bonchev–Trinajstić information content (AvgIpc) is 2.14. The van der Waals surface area contributed by atoms with Gasteiger partial charge in [-0.25, -0.2) is 0 Å². The molecule has 0 unspecified atom stereocenters. The van der Waals surface area contributed by atoms with Gasteiger partial charge in [0.2, 0.25) is 0 Å². The highest BCUT2D eigenvalue weighted by molar-refractivity contribution is 5.45. The minimum atomic E-state index is -5.22. The molecule has 1 aromatic carbocycles. The maximum Gasteiger partial charge on any atom is 0.423 e. The van der Waals surface area contributed by atoms with Crippen LogP contribution in [0.4, 0.5) is 32.0 Å². The number of rotatable bonds is 1. The van der Waals surface area contributed by atoms with Gasteiger partial charge in [0.05, 0.1) is 10.5 Å². The highest BCUT2D eigenvalue weighted by atomic mass is 19.4. The summed E-state index contributed by atoms with van der Waals surface area (Å²) in [5, 5.41) is 10.3. The van der Waals surface area contributed by atoms with Crippen LogP contribution in [0.1, 0.15) is 11.1 Å². The molecule has 0 aliphatic carbocycles. The van der Waals surface area contributed by atoms with E-state index >= 15 is 0 Å². The average molecular weight is 259 g/mol. The summed E-state index contributed by atoms with van der Waals surface area (Å²) < 4.78 is 73.4. The highest BCUT2D eigenvalue weighted by Gasteiger charge is 2.41. The normalized spacial score (nSPS) is 12.6. The third kappa shape index (κ3) is 2.86. The topological polar surface area (TPSA) is 43.1 Å². The van der Waals surface area contributed by atoms with Gasteiger partial charge in [0.1, 0.15) is 5.56 Å². The van der Waals surface area contributed by atoms with Gasteiger partial charge in [0.25, 0.3) is 5.69 Å². The van der Waals surface area contributed by atoms with Crippen LogP contribution >= 0.6 is 0 Å². The number of hydrogen-bond acceptors (Lipinski definition) is 2. The Labute approximate surface area is 89.8 Å². The number of alkyl halides is 6. The van der Waals surface area contributed by atoms with Crippen molar-refractivity contribution < 1.29 is 31.3 Å². The lowest BCUT2D eigenvalue weighted by atomic mass is 10.1. The van der Waals surface area contributed by atoms with E-state index in [1.165, 1.54) is 0 Å². The van der Waals surface area contributed by atoms with Gasteiger partial charge in [0.15, 0.2) is 0 Å². The van der Waals surface area contributed by atoms with Gasteiger partial charge in [-0.15, -0.1) is 0 Å². The Hall–Kier alpha value is -1.80. The van der Waals surface area contributed by atoms with E-state index in [2.05, 4.69) is 0 Å². The summed E-state index contributed by atoms with van der Waals surface area (Å²) >= 11 is 0. The van der Waals surface area contributed by atoms with Crippen molar-refractivity contribution in [1.82, 2.24) is 0 Å². The predicted molar refractivity (Wildman–Crippen MR) is 43.1 cm³/mol. The van der Waals surface area contributed by atoms with Gasteiger partial charge < -0.3 is 0 Å². The summed E-state index contributed by atoms with van der Waals surface area (Å²) in [6.07, 6.45) is -10.2. The zero-order valence-electron chi connectivity index (χ0n) is 7.76. The first-order valence-corrected chi connectivity index (χ1v) is 3.96. The lowest BCUT2D eigenvalue weighted by Crippen LogP contribution is -2.12. The van der Waals surface area contributed by atoms with Crippen LogP contribution in [0.2, 0.25) is 0 Å². The Kier molecular flexibility index (Phi) is 3.04. The number of benzene rings is 1. The maximum atomic E-state index is 12.3. The molecule has 0 spiro atoms. The van der Waals surface area contributed by atoms with E-state index in [0.29, 0.717) is 0 Å². The summed E-state index contributed by atoms with van der Waals surface area (Å²) in [6.45, 7) is 0. The van der Waals surface area contributed by atoms with E-state index < -0.39 is 34.1 Å². The molecule has 0 aromatic heterocycles. The van der Waals surface area contributed by atoms with E-state index in [0.717, 1.165) is 0 Å². The van der Waals surface area contributed by atoms with E-state index in [4.69, 9.17) is 0 Å². The molecule has 0 saturated heterocycles. The van der Waals surface area contributed by atoms with Crippen LogP contribution in [0, 0.1) is 10.1 Å². The maximum absolute atomic E-state index is 12.3. The van der Waals surface area contributed by atoms with Gasteiger partial charge in [-0.05, 0) is 12.1 Å². The first-order valence-electron chi connectivity index (χ1n) is 3.96. The van der Waals surface area contributed by atoms with Gasteiger partial charge in [0, 0.05) is 6.07 Å². The van der Waals surface area contributed by atoms with Gasteiger partial charge in [-0.1, -0.05) is 0 Å². The first kappa shape index (κ1) is 13.3. The summed E-state index contributed by atoms with van der Waals surface area (Å²) in [6, 6.07) is 0.136. The number of hydrogen-bond donors (Lipinski definition) is 0. The molecule has 94 valence electrons. The summed E-state index contributed by atoms with van der Waals surface area (Å²) in [5.41, 5.74) is -4.92. The Morgan fingerprint density at radius 2 is 1.53 bits per heavy atom. The number of nitro benzene ring substituents is 1. The molecule has 0 heterocycles. The zero-order chi connectivity index (χ0) is 13.4. The largest absolute Gasteiger partial charge is 0.423 e. The summed E-state index contributed by atoms with van der Waals surface area (Å²) in [7, 11) is 0. The molecule has 0 saturated carbocycles. The van der Waals surface area contributed by atoms with Crippen LogP contribution in [0.5, 0.6) is 0 Å². The van der Waals surface area contributed by atoms with Crippen LogP contribution in [-0.2, 0) is 12.4 Å². The van der Waals surface area contributed by atoms with Crippen molar-refractivity contribution in [2.24, 2.45) is 0 Å². The predicted octanol–water partition coefficient (Wildman–Crippen LogP) is 3.63. The summed E-state index contributed by atoms with van der Waals surface area (Å²) in [5.74, 6) is 0. The molecule has 17 heavy (non-hydrogen) atoms. The minimum Gasteiger partial charge on any atom is -0.258 e. The molecular formula is C8H3F6NO2. The fourth-order valence-electron chi connectivity index (χ4n) is 1.10. The second-order valence-corrected chi connectivity index (χ2v) is 2.98. The quantitative estimate of drug-likeness (QED) is 0.439. The molecule has 3 nitrogen and oxygen atoms in total. The fraction of sp³-hybridized carbons (Fsp3) is 0.250. The lowest BCUT2D eigenvalue weighted by molar-refractivity contribution is -0.388. The molecule has 0 aliphatic heterocycles.